The second kappa shape index (κ2) is 5.87. The molecule has 0 saturated heterocycles. The van der Waals surface area contributed by atoms with Crippen molar-refractivity contribution in [1.82, 2.24) is 0 Å². The Kier molecular flexibility index (Phi) is 4.20. The van der Waals surface area contributed by atoms with Crippen molar-refractivity contribution in [3.63, 3.8) is 0 Å². The standard InChI is InChI=1S/C15H19NO3/c1-2-19-14(17)15(12-6-4-3-5-7-12)10-8-13(16-18)9-11-15/h3-7,18H,2,8-11H2,1H3. The first-order valence-electron chi connectivity index (χ1n) is 6.65. The van der Waals surface area contributed by atoms with Crippen molar-refractivity contribution in [1.29, 1.82) is 0 Å². The van der Waals surface area contributed by atoms with Gasteiger partial charge in [0.25, 0.3) is 0 Å². The number of esters is 1. The highest BCUT2D eigenvalue weighted by Crippen LogP contribution is 2.39. The third kappa shape index (κ3) is 2.62. The average molecular weight is 261 g/mol. The van der Waals surface area contributed by atoms with Gasteiger partial charge in [0.2, 0.25) is 0 Å². The van der Waals surface area contributed by atoms with Crippen molar-refractivity contribution >= 4 is 11.7 Å². The zero-order valence-corrected chi connectivity index (χ0v) is 11.1. The van der Waals surface area contributed by atoms with Crippen molar-refractivity contribution in [2.24, 2.45) is 5.16 Å². The van der Waals surface area contributed by atoms with E-state index in [1.165, 1.54) is 0 Å². The Morgan fingerprint density at radius 2 is 1.95 bits per heavy atom. The van der Waals surface area contributed by atoms with Crippen molar-refractivity contribution in [3.05, 3.63) is 35.9 Å². The van der Waals surface area contributed by atoms with E-state index in [1.807, 2.05) is 37.3 Å². The van der Waals surface area contributed by atoms with Crippen LogP contribution in [-0.4, -0.2) is 23.5 Å². The van der Waals surface area contributed by atoms with E-state index in [0.717, 1.165) is 11.3 Å². The van der Waals surface area contributed by atoms with Gasteiger partial charge >= 0.3 is 5.97 Å². The molecule has 0 amide bonds. The number of nitrogens with zero attached hydrogens (tertiary/aromatic N) is 1. The van der Waals surface area contributed by atoms with E-state index in [2.05, 4.69) is 5.16 Å². The number of carbonyl (C=O) groups is 1. The molecule has 1 aliphatic carbocycles. The number of hydrogen-bond donors (Lipinski definition) is 1. The summed E-state index contributed by atoms with van der Waals surface area (Å²) in [6, 6.07) is 9.75. The first-order valence-corrected chi connectivity index (χ1v) is 6.65. The summed E-state index contributed by atoms with van der Waals surface area (Å²) in [5.41, 5.74) is 1.16. The molecule has 0 aromatic heterocycles. The summed E-state index contributed by atoms with van der Waals surface area (Å²) in [6.07, 6.45) is 2.53. The Labute approximate surface area is 113 Å². The molecule has 2 rings (SSSR count). The molecule has 1 N–H and O–H groups in total. The zero-order valence-electron chi connectivity index (χ0n) is 11.1. The predicted octanol–water partition coefficient (Wildman–Crippen LogP) is 2.89. The molecule has 0 radical (unpaired) electrons. The van der Waals surface area contributed by atoms with Crippen LogP contribution in [0.4, 0.5) is 0 Å². The topological polar surface area (TPSA) is 58.9 Å². The summed E-state index contributed by atoms with van der Waals surface area (Å²) < 4.78 is 5.27. The lowest BCUT2D eigenvalue weighted by Gasteiger charge is -2.35. The number of oxime groups is 1. The van der Waals surface area contributed by atoms with E-state index in [1.54, 1.807) is 0 Å². The number of ether oxygens (including phenoxy) is 1. The number of carbonyl (C=O) groups excluding carboxylic acids is 1. The maximum atomic E-state index is 12.4. The summed E-state index contributed by atoms with van der Waals surface area (Å²) in [6.45, 7) is 2.20. The fourth-order valence-corrected chi connectivity index (χ4v) is 2.70. The van der Waals surface area contributed by atoms with Crippen LogP contribution < -0.4 is 0 Å². The van der Waals surface area contributed by atoms with Crippen molar-refractivity contribution in [2.45, 2.75) is 38.0 Å². The lowest BCUT2D eigenvalue weighted by Crippen LogP contribution is -2.41. The third-order valence-corrected chi connectivity index (χ3v) is 3.81. The maximum absolute atomic E-state index is 12.4. The van der Waals surface area contributed by atoms with Gasteiger partial charge < -0.3 is 9.94 Å². The summed E-state index contributed by atoms with van der Waals surface area (Å²) >= 11 is 0. The van der Waals surface area contributed by atoms with Gasteiger partial charge in [-0.15, -0.1) is 0 Å². The fourth-order valence-electron chi connectivity index (χ4n) is 2.70. The molecule has 4 heteroatoms. The molecular weight excluding hydrogens is 242 g/mol. The molecule has 0 heterocycles. The van der Waals surface area contributed by atoms with Crippen molar-refractivity contribution in [3.8, 4) is 0 Å². The molecule has 0 bridgehead atoms. The van der Waals surface area contributed by atoms with Gasteiger partial charge in [-0.25, -0.2) is 0 Å². The summed E-state index contributed by atoms with van der Waals surface area (Å²) in [5, 5.41) is 12.1. The average Bonchev–Trinajstić information content (AvgIpc) is 2.48. The Hall–Kier alpha value is -1.84. The summed E-state index contributed by atoms with van der Waals surface area (Å²) in [7, 11) is 0. The molecule has 0 unspecified atom stereocenters. The molecule has 1 aliphatic rings. The van der Waals surface area contributed by atoms with E-state index in [0.29, 0.717) is 32.3 Å². The minimum atomic E-state index is -0.592. The molecule has 19 heavy (non-hydrogen) atoms. The van der Waals surface area contributed by atoms with Crippen LogP contribution in [0.3, 0.4) is 0 Å². The molecule has 102 valence electrons. The van der Waals surface area contributed by atoms with E-state index in [4.69, 9.17) is 9.94 Å². The van der Waals surface area contributed by atoms with Gasteiger partial charge in [-0.1, -0.05) is 35.5 Å². The third-order valence-electron chi connectivity index (χ3n) is 3.81. The van der Waals surface area contributed by atoms with Gasteiger partial charge in [0.1, 0.15) is 0 Å². The van der Waals surface area contributed by atoms with Crippen LogP contribution in [0.25, 0.3) is 0 Å². The maximum Gasteiger partial charge on any atom is 0.316 e. The van der Waals surface area contributed by atoms with E-state index in [-0.39, 0.29) is 5.97 Å². The van der Waals surface area contributed by atoms with Crippen LogP contribution in [-0.2, 0) is 14.9 Å². The monoisotopic (exact) mass is 261 g/mol. The smallest absolute Gasteiger partial charge is 0.316 e. The number of benzene rings is 1. The number of hydrogen-bond acceptors (Lipinski definition) is 4. The van der Waals surface area contributed by atoms with E-state index in [9.17, 15) is 4.79 Å². The molecule has 1 saturated carbocycles. The van der Waals surface area contributed by atoms with Crippen LogP contribution >= 0.6 is 0 Å². The Morgan fingerprint density at radius 1 is 1.32 bits per heavy atom. The second-order valence-corrected chi connectivity index (χ2v) is 4.83. The van der Waals surface area contributed by atoms with E-state index < -0.39 is 5.41 Å². The van der Waals surface area contributed by atoms with Crippen LogP contribution in [0.15, 0.2) is 35.5 Å². The Bertz CT molecular complexity index is 458. The second-order valence-electron chi connectivity index (χ2n) is 4.83. The zero-order chi connectivity index (χ0) is 13.7. The van der Waals surface area contributed by atoms with Crippen LogP contribution in [0, 0.1) is 0 Å². The van der Waals surface area contributed by atoms with Gasteiger partial charge in [0.15, 0.2) is 0 Å². The highest BCUT2D eigenvalue weighted by molar-refractivity contribution is 5.90. The number of rotatable bonds is 3. The lowest BCUT2D eigenvalue weighted by atomic mass is 9.69. The van der Waals surface area contributed by atoms with Gasteiger partial charge in [0, 0.05) is 0 Å². The Morgan fingerprint density at radius 3 is 2.47 bits per heavy atom. The fraction of sp³-hybridized carbons (Fsp3) is 0.467. The molecule has 0 atom stereocenters. The van der Waals surface area contributed by atoms with Crippen molar-refractivity contribution < 1.29 is 14.7 Å². The minimum Gasteiger partial charge on any atom is -0.465 e. The van der Waals surface area contributed by atoms with E-state index >= 15 is 0 Å². The predicted molar refractivity (Wildman–Crippen MR) is 72.4 cm³/mol. The molecule has 1 fully saturated rings. The van der Waals surface area contributed by atoms with Crippen LogP contribution in [0.5, 0.6) is 0 Å². The van der Waals surface area contributed by atoms with Gasteiger partial charge in [-0.05, 0) is 38.2 Å². The molecule has 1 aromatic carbocycles. The van der Waals surface area contributed by atoms with Crippen LogP contribution in [0.1, 0.15) is 38.2 Å². The quantitative estimate of drug-likeness (QED) is 0.517. The molecule has 0 aliphatic heterocycles. The molecule has 0 spiro atoms. The largest absolute Gasteiger partial charge is 0.465 e. The van der Waals surface area contributed by atoms with Gasteiger partial charge in [-0.2, -0.15) is 0 Å². The minimum absolute atomic E-state index is 0.168. The first kappa shape index (κ1) is 13.6. The van der Waals surface area contributed by atoms with Gasteiger partial charge in [0.05, 0.1) is 17.7 Å². The SMILES string of the molecule is CCOC(=O)C1(c2ccccc2)CCC(=NO)CC1. The van der Waals surface area contributed by atoms with Crippen molar-refractivity contribution in [2.75, 3.05) is 6.61 Å². The molecular formula is C15H19NO3. The Balaban J connectivity index is 2.32. The summed E-state index contributed by atoms with van der Waals surface area (Å²) in [4.78, 5) is 12.4. The normalized spacial score (nSPS) is 22.9. The lowest BCUT2D eigenvalue weighted by molar-refractivity contribution is -0.151. The highest BCUT2D eigenvalue weighted by Gasteiger charge is 2.43. The summed E-state index contributed by atoms with van der Waals surface area (Å²) in [5.74, 6) is -0.168. The first-order chi connectivity index (χ1) is 9.23. The highest BCUT2D eigenvalue weighted by atomic mass is 16.5. The molecule has 1 aromatic rings. The molecule has 4 nitrogen and oxygen atoms in total. The van der Waals surface area contributed by atoms with Crippen LogP contribution in [0.2, 0.25) is 0 Å². The van der Waals surface area contributed by atoms with Gasteiger partial charge in [-0.3, -0.25) is 4.79 Å².